The molecule has 0 fully saturated rings. The molecule has 0 aliphatic rings. The molecule has 1 N–H and O–H groups in total. The van der Waals surface area contributed by atoms with Crippen molar-refractivity contribution in [2.24, 2.45) is 5.92 Å². The van der Waals surface area contributed by atoms with Crippen LogP contribution in [0, 0.1) is 5.92 Å². The van der Waals surface area contributed by atoms with Crippen LogP contribution in [0.1, 0.15) is 20.8 Å². The number of nitrogens with one attached hydrogen (secondary N) is 1. The Kier molecular flexibility index (Phi) is 3.83. The minimum absolute atomic E-state index is 0.618. The Hall–Kier alpha value is -0.0800. The van der Waals surface area contributed by atoms with Gasteiger partial charge in [0.25, 0.3) is 0 Å². The minimum atomic E-state index is 0.618. The topological polar surface area (TPSA) is 27.0 Å². The summed E-state index contributed by atoms with van der Waals surface area (Å²) >= 11 is 0. The molecule has 8 heavy (non-hydrogen) atoms. The molecular weight excluding hydrogens is 100 g/mol. The van der Waals surface area contributed by atoms with Gasteiger partial charge in [0.15, 0.2) is 0 Å². The van der Waals surface area contributed by atoms with E-state index in [0.717, 1.165) is 13.1 Å². The molecule has 0 atom stereocenters. The van der Waals surface area contributed by atoms with Gasteiger partial charge in [0, 0.05) is 13.1 Å². The van der Waals surface area contributed by atoms with E-state index in [-0.39, 0.29) is 0 Å². The lowest BCUT2D eigenvalue weighted by atomic mass is 10.2. The lowest BCUT2D eigenvalue weighted by Crippen LogP contribution is -2.25. The van der Waals surface area contributed by atoms with Crippen LogP contribution in [0.5, 0.6) is 0 Å². The van der Waals surface area contributed by atoms with Gasteiger partial charge in [0.2, 0.25) is 0 Å². The zero-order chi connectivity index (χ0) is 6.57. The number of hydrogen-bond acceptors (Lipinski definition) is 1. The van der Waals surface area contributed by atoms with Crippen LogP contribution >= 0.6 is 0 Å². The summed E-state index contributed by atoms with van der Waals surface area (Å²) in [6, 6.07) is 0. The summed E-state index contributed by atoms with van der Waals surface area (Å²) in [5.74, 6) is 7.80. The van der Waals surface area contributed by atoms with Gasteiger partial charge in [0.1, 0.15) is 0 Å². The van der Waals surface area contributed by atoms with Crippen molar-refractivity contribution >= 4 is 0 Å². The number of rotatable bonds is 3. The average molecular weight is 115 g/mol. The van der Waals surface area contributed by atoms with Crippen molar-refractivity contribution in [3.63, 3.8) is 0 Å². The van der Waals surface area contributed by atoms with E-state index in [1.165, 1.54) is 0 Å². The largest absolute Gasteiger partial charge is 0.230 e. The summed E-state index contributed by atoms with van der Waals surface area (Å²) in [7, 11) is 0. The molecule has 0 aromatic rings. The fourth-order valence-electron chi connectivity index (χ4n) is 0.570. The molecule has 49 valence electrons. The van der Waals surface area contributed by atoms with E-state index in [9.17, 15) is 0 Å². The van der Waals surface area contributed by atoms with Crippen LogP contribution in [-0.4, -0.2) is 18.1 Å². The first-order chi connectivity index (χ1) is 3.66. The Labute approximate surface area is 51.6 Å². The van der Waals surface area contributed by atoms with Gasteiger partial charge in [-0.25, -0.2) is 5.01 Å². The van der Waals surface area contributed by atoms with Crippen molar-refractivity contribution < 1.29 is 0 Å². The highest BCUT2D eigenvalue weighted by molar-refractivity contribution is 4.47. The zero-order valence-corrected chi connectivity index (χ0v) is 5.94. The highest BCUT2D eigenvalue weighted by Gasteiger charge is 1.97. The van der Waals surface area contributed by atoms with Gasteiger partial charge in [-0.1, -0.05) is 20.8 Å². The second-order valence-corrected chi connectivity index (χ2v) is 2.43. The third-order valence-corrected chi connectivity index (χ3v) is 0.967. The molecular formula is C6H15N2. The predicted molar refractivity (Wildman–Crippen MR) is 35.2 cm³/mol. The maximum atomic E-state index is 7.18. The first-order valence-electron chi connectivity index (χ1n) is 3.13. The van der Waals surface area contributed by atoms with Crippen molar-refractivity contribution in [2.45, 2.75) is 20.8 Å². The molecule has 1 radical (unpaired) electrons. The summed E-state index contributed by atoms with van der Waals surface area (Å²) in [6.45, 7) is 7.96. The maximum absolute atomic E-state index is 7.18. The maximum Gasteiger partial charge on any atom is 0.0167 e. The zero-order valence-electron chi connectivity index (χ0n) is 5.94. The molecule has 0 spiro atoms. The van der Waals surface area contributed by atoms with E-state index in [1.54, 1.807) is 5.01 Å². The van der Waals surface area contributed by atoms with Crippen molar-refractivity contribution in [2.75, 3.05) is 13.1 Å². The van der Waals surface area contributed by atoms with Crippen LogP contribution in [-0.2, 0) is 0 Å². The van der Waals surface area contributed by atoms with Crippen molar-refractivity contribution in [3.05, 3.63) is 0 Å². The van der Waals surface area contributed by atoms with E-state index in [0.29, 0.717) is 5.92 Å². The lowest BCUT2D eigenvalue weighted by molar-refractivity contribution is 0.249. The van der Waals surface area contributed by atoms with Crippen molar-refractivity contribution in [3.8, 4) is 0 Å². The van der Waals surface area contributed by atoms with Crippen LogP contribution in [0.15, 0.2) is 0 Å². The van der Waals surface area contributed by atoms with E-state index in [4.69, 9.17) is 5.84 Å². The molecule has 0 unspecified atom stereocenters. The molecule has 0 aliphatic carbocycles. The average Bonchev–Trinajstić information content (AvgIpc) is 1.65. The molecule has 0 rings (SSSR count). The molecule has 2 nitrogen and oxygen atoms in total. The molecule has 2 heteroatoms. The van der Waals surface area contributed by atoms with Crippen molar-refractivity contribution in [1.29, 1.82) is 0 Å². The Morgan fingerprint density at radius 2 is 2.00 bits per heavy atom. The molecule has 0 aliphatic heterocycles. The Balaban J connectivity index is 3.10. The quantitative estimate of drug-likeness (QED) is 0.507. The number of hydrogen-bond donors (Lipinski definition) is 0. The highest BCUT2D eigenvalue weighted by atomic mass is 15.4. The normalized spacial score (nSPS) is 11.2. The first-order valence-corrected chi connectivity index (χ1v) is 3.13. The van der Waals surface area contributed by atoms with Gasteiger partial charge >= 0.3 is 0 Å². The third-order valence-electron chi connectivity index (χ3n) is 0.967. The van der Waals surface area contributed by atoms with E-state index >= 15 is 0 Å². The molecule has 0 heterocycles. The molecule has 0 saturated carbocycles. The van der Waals surface area contributed by atoms with Crippen LogP contribution in [0.2, 0.25) is 0 Å². The molecule has 0 aromatic heterocycles. The second-order valence-electron chi connectivity index (χ2n) is 2.43. The summed E-state index contributed by atoms with van der Waals surface area (Å²) < 4.78 is 0. The standard InChI is InChI=1S/C6H15N2/c1-4-8(7)5-6(2)3/h6-7H,4-5H2,1-3H3. The van der Waals surface area contributed by atoms with Crippen LogP contribution < -0.4 is 5.84 Å². The molecule has 0 aromatic carbocycles. The van der Waals surface area contributed by atoms with Crippen LogP contribution in [0.4, 0.5) is 0 Å². The van der Waals surface area contributed by atoms with Crippen molar-refractivity contribution in [1.82, 2.24) is 10.9 Å². The molecule has 0 saturated heterocycles. The van der Waals surface area contributed by atoms with Crippen LogP contribution in [0.3, 0.4) is 0 Å². The van der Waals surface area contributed by atoms with Crippen LogP contribution in [0.25, 0.3) is 0 Å². The number of nitrogens with zero attached hydrogens (tertiary/aromatic N) is 1. The molecule has 0 bridgehead atoms. The van der Waals surface area contributed by atoms with E-state index in [1.807, 2.05) is 6.92 Å². The SMILES string of the molecule is CCN([NH])CC(C)C. The second kappa shape index (κ2) is 3.87. The first kappa shape index (κ1) is 7.92. The van der Waals surface area contributed by atoms with Gasteiger partial charge in [-0.15, -0.1) is 0 Å². The summed E-state index contributed by atoms with van der Waals surface area (Å²) in [5, 5.41) is 1.57. The Morgan fingerprint density at radius 3 is 2.12 bits per heavy atom. The minimum Gasteiger partial charge on any atom is -0.230 e. The van der Waals surface area contributed by atoms with E-state index < -0.39 is 0 Å². The summed E-state index contributed by atoms with van der Waals surface area (Å²) in [4.78, 5) is 0. The monoisotopic (exact) mass is 115 g/mol. The Morgan fingerprint density at radius 1 is 1.50 bits per heavy atom. The Bertz CT molecular complexity index is 52.5. The summed E-state index contributed by atoms with van der Waals surface area (Å²) in [6.07, 6.45) is 0. The highest BCUT2D eigenvalue weighted by Crippen LogP contribution is 1.92. The fourth-order valence-corrected chi connectivity index (χ4v) is 0.570. The van der Waals surface area contributed by atoms with Gasteiger partial charge in [0.05, 0.1) is 0 Å². The fraction of sp³-hybridized carbons (Fsp3) is 1.00. The molecule has 0 amide bonds. The van der Waals surface area contributed by atoms with Gasteiger partial charge in [-0.05, 0) is 5.92 Å². The third kappa shape index (κ3) is 4.09. The smallest absolute Gasteiger partial charge is 0.0167 e. The van der Waals surface area contributed by atoms with Gasteiger partial charge in [-0.2, -0.15) is 5.84 Å². The lowest BCUT2D eigenvalue weighted by Gasteiger charge is -2.13. The van der Waals surface area contributed by atoms with Gasteiger partial charge < -0.3 is 0 Å². The predicted octanol–water partition coefficient (Wildman–Crippen LogP) is 1.16. The van der Waals surface area contributed by atoms with E-state index in [2.05, 4.69) is 13.8 Å². The summed E-state index contributed by atoms with van der Waals surface area (Å²) in [5.41, 5.74) is 0. The van der Waals surface area contributed by atoms with Gasteiger partial charge in [-0.3, -0.25) is 0 Å².